The van der Waals surface area contributed by atoms with Crippen LogP contribution >= 0.6 is 11.3 Å². The lowest BCUT2D eigenvalue weighted by molar-refractivity contribution is -0.0500. The predicted octanol–water partition coefficient (Wildman–Crippen LogP) is 5.66. The van der Waals surface area contributed by atoms with E-state index in [9.17, 15) is 4.39 Å². The summed E-state index contributed by atoms with van der Waals surface area (Å²) in [4.78, 5) is 12.9. The topological polar surface area (TPSA) is 43.2 Å². The number of imidazole rings is 1. The van der Waals surface area contributed by atoms with Crippen molar-refractivity contribution in [2.75, 3.05) is 19.7 Å². The monoisotopic (exact) mass is 470 g/mol. The molecular weight excluding hydrogens is 435 g/mol. The van der Waals surface area contributed by atoms with Gasteiger partial charge in [-0.25, -0.2) is 4.98 Å². The first-order valence-electron chi connectivity index (χ1n) is 11.8. The van der Waals surface area contributed by atoms with Crippen LogP contribution in [0.5, 0.6) is 0 Å². The van der Waals surface area contributed by atoms with E-state index in [0.29, 0.717) is 6.61 Å². The molecule has 0 radical (unpaired) electrons. The van der Waals surface area contributed by atoms with Gasteiger partial charge in [0.05, 0.1) is 0 Å². The number of likely N-dealkylation sites (tertiary alicyclic amines) is 1. The summed E-state index contributed by atoms with van der Waals surface area (Å²) in [7, 11) is 2.03. The van der Waals surface area contributed by atoms with Crippen LogP contribution in [0.1, 0.15) is 61.7 Å². The summed E-state index contributed by atoms with van der Waals surface area (Å²) in [6, 6.07) is 7.76. The third-order valence-corrected chi connectivity index (χ3v) is 8.21. The largest absolute Gasteiger partial charge is 0.370 e. The fraction of sp³-hybridized carbons (Fsp3) is 0.538. The first kappa shape index (κ1) is 24.0. The smallest absolute Gasteiger partial charge is 0.176 e. The van der Waals surface area contributed by atoms with Crippen LogP contribution in [-0.2, 0) is 23.7 Å². The molecule has 178 valence electrons. The van der Waals surface area contributed by atoms with Crippen molar-refractivity contribution in [3.8, 4) is 0 Å². The summed E-state index contributed by atoms with van der Waals surface area (Å²) in [6.45, 7) is 11.1. The minimum atomic E-state index is -0.157. The van der Waals surface area contributed by atoms with Gasteiger partial charge in [0.2, 0.25) is 0 Å². The van der Waals surface area contributed by atoms with E-state index >= 15 is 0 Å². The highest BCUT2D eigenvalue weighted by atomic mass is 32.1. The number of aromatic nitrogens is 3. The van der Waals surface area contributed by atoms with E-state index in [2.05, 4.69) is 40.4 Å². The Labute approximate surface area is 200 Å². The summed E-state index contributed by atoms with van der Waals surface area (Å²) in [5.74, 6) is 0.964. The third-order valence-electron chi connectivity index (χ3n) is 7.27. The molecule has 5 nitrogen and oxygen atoms in total. The molecule has 3 aromatic heterocycles. The standard InChI is InChI=1S/C26H35FN4OS/c1-6-32-23(24-28-14-16-30(24)5)26(12-11-21-9-10-22(27)33-21)13-15-31(18-26)25(3,4)20-8-7-19(2)29-17-20/h7-10,14,16-17,23H,6,11-13,15,18H2,1-5H3/t23?,26-/m1/s1. The van der Waals surface area contributed by atoms with Crippen LogP contribution in [0.4, 0.5) is 4.39 Å². The molecule has 0 spiro atoms. The Morgan fingerprint density at radius 2 is 2.06 bits per heavy atom. The van der Waals surface area contributed by atoms with Gasteiger partial charge in [-0.3, -0.25) is 9.88 Å². The molecule has 1 fully saturated rings. The van der Waals surface area contributed by atoms with E-state index in [0.717, 1.165) is 48.7 Å². The molecule has 1 saturated heterocycles. The lowest BCUT2D eigenvalue weighted by atomic mass is 9.76. The van der Waals surface area contributed by atoms with Crippen molar-refractivity contribution >= 4 is 11.3 Å². The number of rotatable bonds is 9. The molecule has 0 N–H and O–H groups in total. The van der Waals surface area contributed by atoms with Crippen molar-refractivity contribution in [3.05, 3.63) is 69.9 Å². The molecular formula is C26H35FN4OS. The van der Waals surface area contributed by atoms with Crippen molar-refractivity contribution in [1.29, 1.82) is 0 Å². The number of halogens is 1. The number of hydrogen-bond acceptors (Lipinski definition) is 5. The molecule has 0 saturated carbocycles. The average molecular weight is 471 g/mol. The van der Waals surface area contributed by atoms with Gasteiger partial charge < -0.3 is 9.30 Å². The molecule has 1 aliphatic heterocycles. The molecule has 0 aliphatic carbocycles. The lowest BCUT2D eigenvalue weighted by Crippen LogP contribution is -2.43. The Morgan fingerprint density at radius 3 is 2.67 bits per heavy atom. The normalized spacial score (nSPS) is 20.4. The molecule has 1 aliphatic rings. The van der Waals surface area contributed by atoms with Gasteiger partial charge >= 0.3 is 0 Å². The van der Waals surface area contributed by atoms with Gasteiger partial charge in [-0.05, 0) is 77.3 Å². The van der Waals surface area contributed by atoms with Crippen molar-refractivity contribution in [2.24, 2.45) is 12.5 Å². The summed E-state index contributed by atoms with van der Waals surface area (Å²) in [5.41, 5.74) is 1.97. The van der Waals surface area contributed by atoms with Crippen molar-refractivity contribution in [3.63, 3.8) is 0 Å². The second-order valence-corrected chi connectivity index (χ2v) is 10.8. The van der Waals surface area contributed by atoms with Gasteiger partial charge in [-0.15, -0.1) is 11.3 Å². The highest BCUT2D eigenvalue weighted by Gasteiger charge is 2.50. The molecule has 33 heavy (non-hydrogen) atoms. The number of nitrogens with zero attached hydrogens (tertiary/aromatic N) is 4. The van der Waals surface area contributed by atoms with E-state index in [-0.39, 0.29) is 22.2 Å². The lowest BCUT2D eigenvalue weighted by Gasteiger charge is -2.41. The molecule has 0 amide bonds. The van der Waals surface area contributed by atoms with Crippen LogP contribution in [0.2, 0.25) is 0 Å². The Balaban J connectivity index is 1.66. The Hall–Kier alpha value is -2.09. The number of aryl methyl sites for hydroxylation is 3. The van der Waals surface area contributed by atoms with E-state index in [4.69, 9.17) is 9.72 Å². The first-order valence-corrected chi connectivity index (χ1v) is 12.6. The van der Waals surface area contributed by atoms with Gasteiger partial charge in [0.15, 0.2) is 5.13 Å². The minimum Gasteiger partial charge on any atom is -0.370 e. The van der Waals surface area contributed by atoms with Crippen LogP contribution in [0, 0.1) is 17.5 Å². The molecule has 4 rings (SSSR count). The number of thiophene rings is 1. The van der Waals surface area contributed by atoms with Gasteiger partial charge in [-0.1, -0.05) is 6.07 Å². The molecule has 2 atom stereocenters. The highest BCUT2D eigenvalue weighted by molar-refractivity contribution is 7.10. The summed E-state index contributed by atoms with van der Waals surface area (Å²) in [5, 5.41) is -0.120. The molecule has 7 heteroatoms. The quantitative estimate of drug-likeness (QED) is 0.405. The summed E-state index contributed by atoms with van der Waals surface area (Å²) in [6.07, 6.45) is 8.47. The van der Waals surface area contributed by atoms with E-state index in [1.165, 1.54) is 16.9 Å². The maximum absolute atomic E-state index is 13.7. The Bertz CT molecular complexity index is 1060. The molecule has 3 aromatic rings. The second-order valence-electron chi connectivity index (χ2n) is 9.72. The highest BCUT2D eigenvalue weighted by Crippen LogP contribution is 2.50. The fourth-order valence-corrected chi connectivity index (χ4v) is 5.84. The fourth-order valence-electron chi connectivity index (χ4n) is 5.11. The minimum absolute atomic E-state index is 0.120. The van der Waals surface area contributed by atoms with Gasteiger partial charge in [0.1, 0.15) is 11.9 Å². The SMILES string of the molecule is CCOC(c1nccn1C)[C@]1(CCc2ccc(F)s2)CCN(C(C)(C)c2ccc(C)nc2)C1. The zero-order valence-electron chi connectivity index (χ0n) is 20.3. The van der Waals surface area contributed by atoms with Crippen LogP contribution < -0.4 is 0 Å². The van der Waals surface area contributed by atoms with Gasteiger partial charge in [-0.2, -0.15) is 4.39 Å². The summed E-state index contributed by atoms with van der Waals surface area (Å²) >= 11 is 1.25. The summed E-state index contributed by atoms with van der Waals surface area (Å²) < 4.78 is 22.2. The van der Waals surface area contributed by atoms with Crippen LogP contribution in [-0.4, -0.2) is 39.1 Å². The molecule has 4 heterocycles. The zero-order chi connectivity index (χ0) is 23.6. The molecule has 0 aromatic carbocycles. The van der Waals surface area contributed by atoms with Gasteiger partial charge in [0.25, 0.3) is 0 Å². The Morgan fingerprint density at radius 1 is 1.24 bits per heavy atom. The van der Waals surface area contributed by atoms with Crippen LogP contribution in [0.3, 0.4) is 0 Å². The van der Waals surface area contributed by atoms with E-state index < -0.39 is 0 Å². The van der Waals surface area contributed by atoms with Crippen LogP contribution in [0.25, 0.3) is 0 Å². The van der Waals surface area contributed by atoms with Crippen molar-refractivity contribution < 1.29 is 9.13 Å². The number of pyridine rings is 1. The molecule has 1 unspecified atom stereocenters. The van der Waals surface area contributed by atoms with Crippen molar-refractivity contribution in [2.45, 2.75) is 58.6 Å². The average Bonchev–Trinajstić information content (AvgIpc) is 3.52. The van der Waals surface area contributed by atoms with Crippen LogP contribution in [0.15, 0.2) is 42.9 Å². The maximum Gasteiger partial charge on any atom is 0.176 e. The third kappa shape index (κ3) is 4.91. The number of ether oxygens (including phenoxy) is 1. The Kier molecular flexibility index (Phi) is 7.03. The van der Waals surface area contributed by atoms with E-state index in [1.54, 1.807) is 6.07 Å². The molecule has 0 bridgehead atoms. The second kappa shape index (κ2) is 9.65. The first-order chi connectivity index (χ1) is 15.7. The van der Waals surface area contributed by atoms with Crippen molar-refractivity contribution in [1.82, 2.24) is 19.4 Å². The predicted molar refractivity (Wildman–Crippen MR) is 131 cm³/mol. The zero-order valence-corrected chi connectivity index (χ0v) is 21.2. The maximum atomic E-state index is 13.7. The number of hydrogen-bond donors (Lipinski definition) is 0. The van der Waals surface area contributed by atoms with Gasteiger partial charge in [0, 0.05) is 60.3 Å². The van der Waals surface area contributed by atoms with E-state index in [1.807, 2.05) is 45.6 Å².